The van der Waals surface area contributed by atoms with Crippen molar-refractivity contribution < 1.29 is 19.8 Å². The zero-order valence-electron chi connectivity index (χ0n) is 30.7. The minimum Gasteiger partial charge on any atom is -0.478 e. The number of H-pyrrole nitrogens is 2. The van der Waals surface area contributed by atoms with Gasteiger partial charge in [-0.25, -0.2) is 19.6 Å². The van der Waals surface area contributed by atoms with Crippen molar-refractivity contribution in [1.29, 1.82) is 0 Å². The molecule has 262 valence electrons. The van der Waals surface area contributed by atoms with Crippen molar-refractivity contribution in [2.75, 3.05) is 0 Å². The molecule has 0 atom stereocenters. The Bertz CT molecular complexity index is 2000. The van der Waals surface area contributed by atoms with Crippen LogP contribution >= 0.6 is 0 Å². The fourth-order valence-electron chi connectivity index (χ4n) is 7.98. The van der Waals surface area contributed by atoms with E-state index in [0.29, 0.717) is 0 Å². The number of allylic oxidation sites excluding steroid dienone is 4. The standard InChI is InChI=1S/C42H50N4O4/c1-9-23-27(13-5)39-31(17-19-37(47)48)40-29(15-7)25(11-3)35(45-40)22-36-26(12-4)30(16-8)42(46-36)32(18-20-38(49)50)41-28(14-6)24(10-2)34(44-41)21-33(23)43-39/h17-22,43-44H,9-16H2,1-8H3,(H,47,48)(H,49,50)/b19-17+,20-18+,33-21?,34-21?,35-22?,36-22?,39-31?,40-31?,41-32?,42-32?. The van der Waals surface area contributed by atoms with Crippen molar-refractivity contribution in [2.45, 2.75) is 107 Å². The second-order valence-electron chi connectivity index (χ2n) is 12.6. The number of hydrogen-bond donors (Lipinski definition) is 4. The van der Waals surface area contributed by atoms with Gasteiger partial charge in [0.15, 0.2) is 0 Å². The lowest BCUT2D eigenvalue weighted by molar-refractivity contribution is -0.132. The SMILES string of the molecule is CCC1=C(CC)c2nc1cc1nc(c(/C=C/C(=O)O)c3[nH]c(cc4[nH]c(c2/C=C/C(=O)O)c(CC)c4CC)c(CC)c3CC)C(CC)=C1CC. The number of nitrogens with one attached hydrogen (secondary N) is 2. The maximum atomic E-state index is 12.0. The number of nitrogens with zero attached hydrogens (tertiary/aromatic N) is 2. The molecule has 8 nitrogen and oxygen atoms in total. The molecule has 0 radical (unpaired) electrons. The van der Waals surface area contributed by atoms with Crippen LogP contribution in [0.4, 0.5) is 0 Å². The van der Waals surface area contributed by atoms with E-state index in [1.165, 1.54) is 23.3 Å². The van der Waals surface area contributed by atoms with Gasteiger partial charge in [-0.15, -0.1) is 0 Å². The summed E-state index contributed by atoms with van der Waals surface area (Å²) in [5.74, 6) is -2.03. The van der Waals surface area contributed by atoms with Crippen molar-refractivity contribution in [3.63, 3.8) is 0 Å². The predicted octanol–water partition coefficient (Wildman–Crippen LogP) is 10.2. The minimum atomic E-state index is -1.01. The van der Waals surface area contributed by atoms with Crippen LogP contribution in [0, 0.1) is 0 Å². The van der Waals surface area contributed by atoms with E-state index in [-0.39, 0.29) is 0 Å². The number of aliphatic carboxylic acids is 2. The Hall–Kier alpha value is -4.98. The van der Waals surface area contributed by atoms with Gasteiger partial charge in [-0.1, -0.05) is 55.4 Å². The third kappa shape index (κ3) is 6.39. The van der Waals surface area contributed by atoms with Gasteiger partial charge in [0, 0.05) is 34.3 Å². The van der Waals surface area contributed by atoms with Gasteiger partial charge in [0.05, 0.1) is 33.8 Å². The Morgan fingerprint density at radius 1 is 0.540 bits per heavy atom. The predicted molar refractivity (Wildman–Crippen MR) is 207 cm³/mol. The molecule has 0 unspecified atom stereocenters. The van der Waals surface area contributed by atoms with Gasteiger partial charge < -0.3 is 20.2 Å². The number of carboxylic acid groups (broad SMARTS) is 2. The fourth-order valence-corrected chi connectivity index (χ4v) is 7.98. The lowest BCUT2D eigenvalue weighted by atomic mass is 9.94. The van der Waals surface area contributed by atoms with Crippen LogP contribution in [0.25, 0.3) is 56.5 Å². The number of aryl methyl sites for hydroxylation is 4. The topological polar surface area (TPSA) is 132 Å². The molecule has 0 spiro atoms. The van der Waals surface area contributed by atoms with Crippen LogP contribution in [-0.2, 0) is 35.3 Å². The van der Waals surface area contributed by atoms with Crippen LogP contribution in [0.5, 0.6) is 0 Å². The van der Waals surface area contributed by atoms with E-state index in [1.807, 2.05) is 0 Å². The molecule has 3 aromatic heterocycles. The van der Waals surface area contributed by atoms with Crippen LogP contribution in [0.2, 0.25) is 0 Å². The molecule has 5 rings (SSSR count). The smallest absolute Gasteiger partial charge is 0.328 e. The Labute approximate surface area is 294 Å². The number of carbonyl (C=O) groups is 2. The largest absolute Gasteiger partial charge is 0.478 e. The van der Waals surface area contributed by atoms with Gasteiger partial charge in [0.1, 0.15) is 0 Å². The van der Waals surface area contributed by atoms with Crippen molar-refractivity contribution in [1.82, 2.24) is 19.9 Å². The molecule has 2 aliphatic heterocycles. The zero-order valence-corrected chi connectivity index (χ0v) is 30.7. The highest BCUT2D eigenvalue weighted by molar-refractivity contribution is 6.01. The molecule has 0 saturated carbocycles. The van der Waals surface area contributed by atoms with Gasteiger partial charge in [-0.3, -0.25) is 0 Å². The first kappa shape index (κ1) is 36.3. The van der Waals surface area contributed by atoms with Crippen LogP contribution in [0.1, 0.15) is 137 Å². The lowest BCUT2D eigenvalue weighted by Crippen LogP contribution is -1.93. The van der Waals surface area contributed by atoms with Gasteiger partial charge in [-0.05, 0) is 120 Å². The molecule has 3 aromatic rings. The summed E-state index contributed by atoms with van der Waals surface area (Å²) in [6.45, 7) is 17.1. The molecular formula is C42H50N4O4. The highest BCUT2D eigenvalue weighted by atomic mass is 16.4. The van der Waals surface area contributed by atoms with Crippen LogP contribution in [0.3, 0.4) is 0 Å². The summed E-state index contributed by atoms with van der Waals surface area (Å²) in [6, 6.07) is 4.25. The average molecular weight is 675 g/mol. The summed E-state index contributed by atoms with van der Waals surface area (Å²) in [6.07, 6.45) is 11.9. The number of fused-ring (bicyclic) bond motifs is 8. The number of aromatic amines is 2. The van der Waals surface area contributed by atoms with Crippen LogP contribution < -0.4 is 0 Å². The van der Waals surface area contributed by atoms with E-state index < -0.39 is 11.9 Å². The lowest BCUT2D eigenvalue weighted by Gasteiger charge is -2.07. The van der Waals surface area contributed by atoms with Crippen molar-refractivity contribution in [3.05, 3.63) is 80.4 Å². The molecule has 2 aliphatic rings. The van der Waals surface area contributed by atoms with E-state index in [1.54, 1.807) is 12.2 Å². The summed E-state index contributed by atoms with van der Waals surface area (Å²) in [5, 5.41) is 19.6. The first-order chi connectivity index (χ1) is 24.1. The molecule has 0 saturated heterocycles. The normalized spacial score (nSPS) is 13.4. The first-order valence-corrected chi connectivity index (χ1v) is 18.2. The fraction of sp³-hybridized carbons (Fsp3) is 0.381. The molecule has 0 amide bonds. The van der Waals surface area contributed by atoms with Crippen LogP contribution in [-0.4, -0.2) is 42.1 Å². The molecule has 0 aliphatic carbocycles. The summed E-state index contributed by atoms with van der Waals surface area (Å²) >= 11 is 0. The minimum absolute atomic E-state index is 0.731. The Morgan fingerprint density at radius 2 is 0.900 bits per heavy atom. The Balaban J connectivity index is 2.19. The second-order valence-corrected chi connectivity index (χ2v) is 12.6. The number of aromatic nitrogens is 4. The molecule has 4 N–H and O–H groups in total. The zero-order chi connectivity index (χ0) is 36.3. The summed E-state index contributed by atoms with van der Waals surface area (Å²) in [5.41, 5.74) is 17.5. The third-order valence-electron chi connectivity index (χ3n) is 10.1. The van der Waals surface area contributed by atoms with Crippen LogP contribution in [0.15, 0.2) is 24.3 Å². The van der Waals surface area contributed by atoms with E-state index in [0.717, 1.165) is 141 Å². The maximum absolute atomic E-state index is 12.0. The van der Waals surface area contributed by atoms with Gasteiger partial charge >= 0.3 is 11.9 Å². The van der Waals surface area contributed by atoms with Crippen molar-refractivity contribution >= 4 is 68.4 Å². The monoisotopic (exact) mass is 674 g/mol. The molecule has 8 heteroatoms. The van der Waals surface area contributed by atoms with E-state index in [2.05, 4.69) is 77.5 Å². The molecule has 0 fully saturated rings. The van der Waals surface area contributed by atoms with Gasteiger partial charge in [0.2, 0.25) is 0 Å². The summed E-state index contributed by atoms with van der Waals surface area (Å²) in [7, 11) is 0. The number of carboxylic acids is 2. The van der Waals surface area contributed by atoms with Crippen molar-refractivity contribution in [2.24, 2.45) is 0 Å². The third-order valence-corrected chi connectivity index (χ3v) is 10.1. The highest BCUT2D eigenvalue weighted by Gasteiger charge is 2.26. The maximum Gasteiger partial charge on any atom is 0.328 e. The molecule has 8 bridgehead atoms. The van der Waals surface area contributed by atoms with Gasteiger partial charge in [0.25, 0.3) is 0 Å². The van der Waals surface area contributed by atoms with E-state index in [9.17, 15) is 19.8 Å². The summed E-state index contributed by atoms with van der Waals surface area (Å²) < 4.78 is 0. The van der Waals surface area contributed by atoms with Gasteiger partial charge in [-0.2, -0.15) is 0 Å². The molecule has 0 aromatic carbocycles. The second kappa shape index (κ2) is 15.3. The Kier molecular flexibility index (Phi) is 11.1. The first-order valence-electron chi connectivity index (χ1n) is 18.2. The Morgan fingerprint density at radius 3 is 1.20 bits per heavy atom. The highest BCUT2D eigenvalue weighted by Crippen LogP contribution is 2.42. The van der Waals surface area contributed by atoms with Crippen molar-refractivity contribution in [3.8, 4) is 0 Å². The molecular weight excluding hydrogens is 624 g/mol. The number of hydrogen-bond acceptors (Lipinski definition) is 4. The molecule has 50 heavy (non-hydrogen) atoms. The average Bonchev–Trinajstić information content (AvgIpc) is 3.84. The van der Waals surface area contributed by atoms with E-state index in [4.69, 9.17) is 9.97 Å². The summed E-state index contributed by atoms with van der Waals surface area (Å²) in [4.78, 5) is 42.1. The quantitative estimate of drug-likeness (QED) is 0.141. The number of rotatable bonds is 12. The molecule has 5 heterocycles. The van der Waals surface area contributed by atoms with E-state index >= 15 is 0 Å².